The van der Waals surface area contributed by atoms with Crippen molar-refractivity contribution in [3.63, 3.8) is 0 Å². The fraction of sp³-hybridized carbons (Fsp3) is 0.516. The van der Waals surface area contributed by atoms with Crippen molar-refractivity contribution in [2.24, 2.45) is 0 Å². The van der Waals surface area contributed by atoms with E-state index in [-0.39, 0.29) is 12.4 Å². The van der Waals surface area contributed by atoms with Crippen LogP contribution in [0.15, 0.2) is 30.5 Å². The molecule has 0 amide bonds. The minimum absolute atomic E-state index is 0. The topological polar surface area (TPSA) is 40.8 Å². The van der Waals surface area contributed by atoms with Gasteiger partial charge in [-0.05, 0) is 42.7 Å². The van der Waals surface area contributed by atoms with E-state index in [1.807, 2.05) is 0 Å². The molecule has 7 heteroatoms. The smallest absolute Gasteiger partial charge is 0.216 e. The summed E-state index contributed by atoms with van der Waals surface area (Å²) in [6.45, 7) is 5.01. The number of hydrogen-bond acceptors (Lipinski definition) is 4. The quantitative estimate of drug-likeness (QED) is 0.177. The zero-order valence-electron chi connectivity index (χ0n) is 22.6. The Kier molecular flexibility index (Phi) is 10.4. The number of aryl methyl sites for hydroxylation is 3. The maximum Gasteiger partial charge on any atom is 0.216 e. The third kappa shape index (κ3) is 6.02. The van der Waals surface area contributed by atoms with Crippen molar-refractivity contribution in [1.29, 1.82) is 0 Å². The van der Waals surface area contributed by atoms with Gasteiger partial charge >= 0.3 is 0 Å². The van der Waals surface area contributed by atoms with Crippen LogP contribution in [0, 0.1) is 0 Å². The first-order valence-electron chi connectivity index (χ1n) is 13.9. The number of pyridine rings is 1. The van der Waals surface area contributed by atoms with Gasteiger partial charge in [-0.25, -0.2) is 0 Å². The van der Waals surface area contributed by atoms with E-state index in [2.05, 4.69) is 57.9 Å². The lowest BCUT2D eigenvalue weighted by Crippen LogP contribution is -3.00. The second kappa shape index (κ2) is 13.7. The van der Waals surface area contributed by atoms with E-state index in [1.165, 1.54) is 72.7 Å². The summed E-state index contributed by atoms with van der Waals surface area (Å²) in [5.41, 5.74) is 5.33. The summed E-state index contributed by atoms with van der Waals surface area (Å²) in [7, 11) is 1.72. The molecule has 0 atom stereocenters. The van der Waals surface area contributed by atoms with Crippen molar-refractivity contribution in [3.8, 4) is 34.3 Å². The zero-order chi connectivity index (χ0) is 25.6. The zero-order valence-corrected chi connectivity index (χ0v) is 25.0. The fourth-order valence-electron chi connectivity index (χ4n) is 5.75. The Hall–Kier alpha value is -2.18. The number of benzene rings is 2. The summed E-state index contributed by atoms with van der Waals surface area (Å²) in [6, 6.07) is 8.69. The largest absolute Gasteiger partial charge is 1.00 e. The number of hydrogen-bond donors (Lipinski definition) is 0. The van der Waals surface area contributed by atoms with Gasteiger partial charge in [0.05, 0.1) is 24.7 Å². The lowest BCUT2D eigenvalue weighted by Gasteiger charge is -2.24. The second-order valence-electron chi connectivity index (χ2n) is 10.0. The summed E-state index contributed by atoms with van der Waals surface area (Å²) < 4.78 is 26.3. The predicted molar refractivity (Wildman–Crippen MR) is 152 cm³/mol. The van der Waals surface area contributed by atoms with Crippen molar-refractivity contribution < 1.29 is 35.9 Å². The van der Waals surface area contributed by atoms with Gasteiger partial charge in [0.15, 0.2) is 35.7 Å². The number of unbranched alkanes of at least 4 members (excludes halogenated alkanes) is 6. The lowest BCUT2D eigenvalue weighted by molar-refractivity contribution is -0.686. The first kappa shape index (κ1) is 28.8. The van der Waals surface area contributed by atoms with Crippen LogP contribution in [0.2, 0.25) is 0 Å². The molecule has 38 heavy (non-hydrogen) atoms. The highest BCUT2D eigenvalue weighted by atomic mass is 79.9. The van der Waals surface area contributed by atoms with E-state index in [4.69, 9.17) is 18.9 Å². The van der Waals surface area contributed by atoms with Gasteiger partial charge in [0.2, 0.25) is 5.69 Å². The fourth-order valence-corrected chi connectivity index (χ4v) is 5.91. The minimum Gasteiger partial charge on any atom is -1.00 e. The van der Waals surface area contributed by atoms with E-state index < -0.39 is 0 Å². The van der Waals surface area contributed by atoms with Crippen molar-refractivity contribution in [2.45, 2.75) is 71.3 Å². The molecule has 0 saturated carbocycles. The number of fused-ring (bicyclic) bond motifs is 5. The monoisotopic (exact) mass is 603 g/mol. The van der Waals surface area contributed by atoms with Crippen LogP contribution >= 0.6 is 15.9 Å². The summed E-state index contributed by atoms with van der Waals surface area (Å²) in [5, 5.41) is 3.16. The van der Waals surface area contributed by atoms with Gasteiger partial charge in [0.1, 0.15) is 13.2 Å². The summed E-state index contributed by atoms with van der Waals surface area (Å²) in [4.78, 5) is 0. The molecule has 0 saturated heterocycles. The molecule has 3 aromatic rings. The highest BCUT2D eigenvalue weighted by Crippen LogP contribution is 2.43. The van der Waals surface area contributed by atoms with E-state index in [9.17, 15) is 0 Å². The second-order valence-corrected chi connectivity index (χ2v) is 10.8. The van der Waals surface area contributed by atoms with Crippen LogP contribution in [-0.2, 0) is 19.4 Å². The number of methoxy groups -OCH3 is 1. The SMILES string of the molecule is CCCCCCCCCc1c2[n+](cc3c(OCCBr)c(OC)ccc13)CCc1cc3c(cc1-2)OCCO3.[Cl-]. The van der Waals surface area contributed by atoms with Crippen LogP contribution in [0.1, 0.15) is 63.0 Å². The molecule has 5 rings (SSSR count). The van der Waals surface area contributed by atoms with Crippen LogP contribution in [0.25, 0.3) is 22.0 Å². The molecule has 0 fully saturated rings. The van der Waals surface area contributed by atoms with Gasteiger partial charge in [0, 0.05) is 22.7 Å². The minimum atomic E-state index is 0. The van der Waals surface area contributed by atoms with Crippen LogP contribution in [-0.4, -0.2) is 32.3 Å². The van der Waals surface area contributed by atoms with Crippen LogP contribution in [0.5, 0.6) is 23.0 Å². The number of alkyl halides is 1. The number of nitrogens with zero attached hydrogens (tertiary/aromatic N) is 1. The number of rotatable bonds is 12. The van der Waals surface area contributed by atoms with E-state index in [0.29, 0.717) is 19.8 Å². The summed E-state index contributed by atoms with van der Waals surface area (Å²) in [5.74, 6) is 3.36. The van der Waals surface area contributed by atoms with E-state index >= 15 is 0 Å². The van der Waals surface area contributed by atoms with Crippen LogP contribution < -0.4 is 35.9 Å². The Balaban J connectivity index is 0.00000336. The molecule has 0 N–H and O–H groups in total. The Morgan fingerprint density at radius 1 is 0.947 bits per heavy atom. The molecule has 1 aromatic heterocycles. The first-order chi connectivity index (χ1) is 18.2. The molecular formula is C31H39BrClNO4. The molecule has 3 heterocycles. The van der Waals surface area contributed by atoms with Crippen LogP contribution in [0.4, 0.5) is 0 Å². The Morgan fingerprint density at radius 3 is 2.42 bits per heavy atom. The normalized spacial score (nSPS) is 13.4. The van der Waals surface area contributed by atoms with Gasteiger partial charge in [-0.2, -0.15) is 4.57 Å². The first-order valence-corrected chi connectivity index (χ1v) is 15.0. The Morgan fingerprint density at radius 2 is 1.68 bits per heavy atom. The molecule has 0 radical (unpaired) electrons. The molecule has 0 unspecified atom stereocenters. The predicted octanol–water partition coefficient (Wildman–Crippen LogP) is 4.20. The average Bonchev–Trinajstić information content (AvgIpc) is 2.93. The van der Waals surface area contributed by atoms with Crippen molar-refractivity contribution in [3.05, 3.63) is 41.6 Å². The standard InChI is InChI=1S/C31H39BrNO4.ClH/c1-3-4-5-6-7-8-9-10-24-23-11-12-27(34-2)31(37-16-14-32)26(23)21-33-15-13-22-19-28-29(36-18-17-35-28)20-25(22)30(24)33;/h11-12,19-21H,3-10,13-18H2,1-2H3;1H/q+1;/p-1. The third-order valence-electron chi connectivity index (χ3n) is 7.56. The molecule has 0 spiro atoms. The van der Waals surface area contributed by atoms with Gasteiger partial charge in [0.25, 0.3) is 0 Å². The molecule has 0 bridgehead atoms. The maximum absolute atomic E-state index is 6.24. The summed E-state index contributed by atoms with van der Waals surface area (Å²) >= 11 is 3.51. The highest BCUT2D eigenvalue weighted by Gasteiger charge is 2.32. The van der Waals surface area contributed by atoms with Crippen molar-refractivity contribution in [2.75, 3.05) is 32.3 Å². The molecule has 5 nitrogen and oxygen atoms in total. The van der Waals surface area contributed by atoms with Crippen molar-refractivity contribution >= 4 is 26.7 Å². The van der Waals surface area contributed by atoms with Gasteiger partial charge in [-0.1, -0.05) is 61.4 Å². The molecule has 2 aliphatic rings. The maximum atomic E-state index is 6.24. The number of aromatic nitrogens is 1. The average molecular weight is 605 g/mol. The van der Waals surface area contributed by atoms with Gasteiger partial charge in [-0.15, -0.1) is 0 Å². The molecule has 2 aromatic carbocycles. The molecule has 206 valence electrons. The highest BCUT2D eigenvalue weighted by molar-refractivity contribution is 9.09. The van der Waals surface area contributed by atoms with Crippen LogP contribution in [0.3, 0.4) is 0 Å². The Labute approximate surface area is 241 Å². The van der Waals surface area contributed by atoms with E-state index in [1.54, 1.807) is 7.11 Å². The molecule has 2 aliphatic heterocycles. The Bertz CT molecular complexity index is 1250. The number of ether oxygens (including phenoxy) is 4. The van der Waals surface area contributed by atoms with Crippen molar-refractivity contribution in [1.82, 2.24) is 0 Å². The molecule has 0 aliphatic carbocycles. The third-order valence-corrected chi connectivity index (χ3v) is 7.89. The van der Waals surface area contributed by atoms with Gasteiger partial charge in [-0.3, -0.25) is 0 Å². The lowest BCUT2D eigenvalue weighted by atomic mass is 9.89. The molecular weight excluding hydrogens is 566 g/mol. The summed E-state index contributed by atoms with van der Waals surface area (Å²) in [6.07, 6.45) is 13.4. The van der Waals surface area contributed by atoms with E-state index in [0.717, 1.165) is 53.1 Å². The number of halogens is 2. The van der Waals surface area contributed by atoms with Gasteiger partial charge < -0.3 is 31.4 Å².